The molecular formula is C14H15N5OS. The summed E-state index contributed by atoms with van der Waals surface area (Å²) in [6, 6.07) is 3.28. The highest BCUT2D eigenvalue weighted by Crippen LogP contribution is 2.22. The molecule has 0 aromatic carbocycles. The number of nitrogens with zero attached hydrogens (tertiary/aromatic N) is 4. The molecule has 0 unspecified atom stereocenters. The molecule has 0 saturated carbocycles. The fourth-order valence-corrected chi connectivity index (χ4v) is 3.14. The summed E-state index contributed by atoms with van der Waals surface area (Å²) in [6.45, 7) is 5.90. The largest absolute Gasteiger partial charge is 0.343 e. The first-order chi connectivity index (χ1) is 10.0. The molecular weight excluding hydrogens is 286 g/mol. The Morgan fingerprint density at radius 2 is 2.24 bits per heavy atom. The zero-order valence-corrected chi connectivity index (χ0v) is 12.8. The molecule has 0 saturated heterocycles. The summed E-state index contributed by atoms with van der Waals surface area (Å²) >= 11 is 1.63. The molecule has 0 radical (unpaired) electrons. The van der Waals surface area contributed by atoms with Crippen LogP contribution in [0.15, 0.2) is 24.5 Å². The van der Waals surface area contributed by atoms with Crippen LogP contribution >= 0.6 is 11.3 Å². The fraction of sp³-hybridized carbons (Fsp3) is 0.286. The van der Waals surface area contributed by atoms with Crippen LogP contribution in [0.4, 0.5) is 0 Å². The normalized spacial score (nSPS) is 12.5. The van der Waals surface area contributed by atoms with E-state index >= 15 is 0 Å². The predicted molar refractivity (Wildman–Crippen MR) is 80.5 cm³/mol. The van der Waals surface area contributed by atoms with E-state index in [0.29, 0.717) is 11.3 Å². The molecule has 0 spiro atoms. The molecule has 6 nitrogen and oxygen atoms in total. The highest BCUT2D eigenvalue weighted by molar-refractivity contribution is 7.11. The van der Waals surface area contributed by atoms with Gasteiger partial charge < -0.3 is 5.32 Å². The number of rotatable bonds is 3. The molecule has 1 atom stereocenters. The van der Waals surface area contributed by atoms with Crippen molar-refractivity contribution in [1.82, 2.24) is 24.9 Å². The van der Waals surface area contributed by atoms with Crippen molar-refractivity contribution < 1.29 is 4.79 Å². The summed E-state index contributed by atoms with van der Waals surface area (Å²) in [5.74, 6) is -0.224. The van der Waals surface area contributed by atoms with Gasteiger partial charge in [-0.05, 0) is 26.8 Å². The number of aromatic nitrogens is 4. The van der Waals surface area contributed by atoms with Crippen LogP contribution in [0.3, 0.4) is 0 Å². The quantitative estimate of drug-likeness (QED) is 0.805. The highest BCUT2D eigenvalue weighted by Gasteiger charge is 2.18. The van der Waals surface area contributed by atoms with Crippen molar-refractivity contribution in [2.45, 2.75) is 26.8 Å². The fourth-order valence-electron chi connectivity index (χ4n) is 2.23. The summed E-state index contributed by atoms with van der Waals surface area (Å²) in [6.07, 6.45) is 3.43. The Balaban J connectivity index is 1.81. The first kappa shape index (κ1) is 13.7. The maximum atomic E-state index is 12.3. The number of hydrogen-bond donors (Lipinski definition) is 1. The van der Waals surface area contributed by atoms with Crippen LogP contribution in [0.25, 0.3) is 5.65 Å². The third-order valence-electron chi connectivity index (χ3n) is 3.17. The summed E-state index contributed by atoms with van der Waals surface area (Å²) < 4.78 is 1.58. The van der Waals surface area contributed by atoms with Crippen molar-refractivity contribution in [3.05, 3.63) is 45.8 Å². The van der Waals surface area contributed by atoms with E-state index in [4.69, 9.17) is 0 Å². The lowest BCUT2D eigenvalue weighted by molar-refractivity contribution is 0.0933. The lowest BCUT2D eigenvalue weighted by Crippen LogP contribution is -2.27. The highest BCUT2D eigenvalue weighted by atomic mass is 32.1. The predicted octanol–water partition coefficient (Wildman–Crippen LogP) is 2.29. The number of thiazole rings is 1. The molecule has 0 bridgehead atoms. The van der Waals surface area contributed by atoms with E-state index in [9.17, 15) is 4.79 Å². The van der Waals surface area contributed by atoms with Crippen LogP contribution in [0.5, 0.6) is 0 Å². The molecule has 0 fully saturated rings. The Morgan fingerprint density at radius 1 is 1.43 bits per heavy atom. The minimum atomic E-state index is -0.224. The Hall–Kier alpha value is -2.28. The lowest BCUT2D eigenvalue weighted by atomic mass is 10.2. The van der Waals surface area contributed by atoms with E-state index in [2.05, 4.69) is 20.4 Å². The standard InChI is InChI=1S/C14H15N5OS/c1-8(13-9(2)21-10(3)17-13)16-14(20)11-7-12-15-5-4-6-19(12)18-11/h4-8H,1-3H3,(H,16,20)/t8-/m0/s1. The number of fused-ring (bicyclic) bond motifs is 1. The number of amides is 1. The smallest absolute Gasteiger partial charge is 0.272 e. The molecule has 0 aliphatic carbocycles. The average Bonchev–Trinajstić information content (AvgIpc) is 3.01. The lowest BCUT2D eigenvalue weighted by Gasteiger charge is -2.11. The van der Waals surface area contributed by atoms with Crippen LogP contribution in [0.2, 0.25) is 0 Å². The SMILES string of the molecule is Cc1nc([C@H](C)NC(=O)c2cc3ncccn3n2)c(C)s1. The molecule has 0 aliphatic rings. The van der Waals surface area contributed by atoms with Crippen molar-refractivity contribution in [2.24, 2.45) is 0 Å². The van der Waals surface area contributed by atoms with E-state index in [1.165, 1.54) is 0 Å². The number of aryl methyl sites for hydroxylation is 2. The van der Waals surface area contributed by atoms with Crippen LogP contribution in [-0.2, 0) is 0 Å². The first-order valence-corrected chi connectivity index (χ1v) is 7.41. The van der Waals surface area contributed by atoms with Gasteiger partial charge in [0.05, 0.1) is 16.7 Å². The van der Waals surface area contributed by atoms with Gasteiger partial charge in [0.15, 0.2) is 11.3 Å². The Labute approximate surface area is 125 Å². The Morgan fingerprint density at radius 3 is 2.90 bits per heavy atom. The molecule has 3 rings (SSSR count). The van der Waals surface area contributed by atoms with Gasteiger partial charge in [-0.15, -0.1) is 11.3 Å². The van der Waals surface area contributed by atoms with Gasteiger partial charge in [-0.3, -0.25) is 4.79 Å². The minimum absolute atomic E-state index is 0.153. The van der Waals surface area contributed by atoms with Gasteiger partial charge in [-0.1, -0.05) is 0 Å². The molecule has 7 heteroatoms. The van der Waals surface area contributed by atoms with Crippen LogP contribution in [0.1, 0.15) is 39.0 Å². The van der Waals surface area contributed by atoms with Crippen LogP contribution in [0, 0.1) is 13.8 Å². The van der Waals surface area contributed by atoms with Crippen molar-refractivity contribution >= 4 is 22.9 Å². The second-order valence-corrected chi connectivity index (χ2v) is 6.23. The van der Waals surface area contributed by atoms with Crippen LogP contribution in [-0.4, -0.2) is 25.5 Å². The number of nitrogens with one attached hydrogen (secondary N) is 1. The van der Waals surface area contributed by atoms with E-state index < -0.39 is 0 Å². The minimum Gasteiger partial charge on any atom is -0.343 e. The molecule has 1 amide bonds. The van der Waals surface area contributed by atoms with Crippen LogP contribution < -0.4 is 5.32 Å². The Bertz CT molecular complexity index is 774. The van der Waals surface area contributed by atoms with Crippen molar-refractivity contribution in [1.29, 1.82) is 0 Å². The molecule has 3 heterocycles. The van der Waals surface area contributed by atoms with Gasteiger partial charge in [-0.2, -0.15) is 5.10 Å². The van der Waals surface area contributed by atoms with E-state index in [-0.39, 0.29) is 11.9 Å². The maximum absolute atomic E-state index is 12.3. The number of carbonyl (C=O) groups is 1. The number of hydrogen-bond acceptors (Lipinski definition) is 5. The van der Waals surface area contributed by atoms with Gasteiger partial charge in [0.1, 0.15) is 0 Å². The average molecular weight is 301 g/mol. The van der Waals surface area contributed by atoms with E-state index in [0.717, 1.165) is 15.6 Å². The first-order valence-electron chi connectivity index (χ1n) is 6.60. The zero-order chi connectivity index (χ0) is 15.0. The van der Waals surface area contributed by atoms with Crippen molar-refractivity contribution in [2.75, 3.05) is 0 Å². The summed E-state index contributed by atoms with van der Waals surface area (Å²) in [5.41, 5.74) is 1.91. The molecule has 3 aromatic heterocycles. The van der Waals surface area contributed by atoms with Crippen molar-refractivity contribution in [3.63, 3.8) is 0 Å². The molecule has 3 aromatic rings. The van der Waals surface area contributed by atoms with Gasteiger partial charge in [0, 0.05) is 23.3 Å². The summed E-state index contributed by atoms with van der Waals surface area (Å²) in [4.78, 5) is 22.0. The second kappa shape index (κ2) is 5.25. The zero-order valence-electron chi connectivity index (χ0n) is 12.0. The van der Waals surface area contributed by atoms with Gasteiger partial charge in [0.25, 0.3) is 5.91 Å². The maximum Gasteiger partial charge on any atom is 0.272 e. The van der Waals surface area contributed by atoms with Crippen molar-refractivity contribution in [3.8, 4) is 0 Å². The monoisotopic (exact) mass is 301 g/mol. The molecule has 21 heavy (non-hydrogen) atoms. The summed E-state index contributed by atoms with van der Waals surface area (Å²) in [5, 5.41) is 8.14. The Kier molecular flexibility index (Phi) is 3.42. The second-order valence-electron chi connectivity index (χ2n) is 4.82. The molecule has 108 valence electrons. The van der Waals surface area contributed by atoms with Gasteiger partial charge in [0.2, 0.25) is 0 Å². The molecule has 1 N–H and O–H groups in total. The number of carbonyl (C=O) groups excluding carboxylic acids is 1. The topological polar surface area (TPSA) is 72.2 Å². The molecule has 0 aliphatic heterocycles. The third kappa shape index (κ3) is 2.64. The summed E-state index contributed by atoms with van der Waals surface area (Å²) in [7, 11) is 0. The van der Waals surface area contributed by atoms with Gasteiger partial charge >= 0.3 is 0 Å². The van der Waals surface area contributed by atoms with E-state index in [1.807, 2.05) is 20.8 Å². The van der Waals surface area contributed by atoms with E-state index in [1.54, 1.807) is 40.4 Å². The third-order valence-corrected chi connectivity index (χ3v) is 4.07. The van der Waals surface area contributed by atoms with Gasteiger partial charge in [-0.25, -0.2) is 14.5 Å².